The molecule has 0 saturated heterocycles. The van der Waals surface area contributed by atoms with E-state index in [0.29, 0.717) is 12.3 Å². The number of hydrogen-bond donors (Lipinski definition) is 3. The van der Waals surface area contributed by atoms with Crippen LogP contribution >= 0.6 is 12.9 Å². The van der Waals surface area contributed by atoms with E-state index in [-0.39, 0.29) is 0 Å². The predicted molar refractivity (Wildman–Crippen MR) is 78.6 cm³/mol. The zero-order chi connectivity index (χ0) is 13.3. The Morgan fingerprint density at radius 2 is 2.00 bits per heavy atom. The molecule has 1 rings (SSSR count). The van der Waals surface area contributed by atoms with Gasteiger partial charge in [0.1, 0.15) is 5.75 Å². The third-order valence-electron chi connectivity index (χ3n) is 2.15. The third kappa shape index (κ3) is 3.93. The molecule has 0 unspecified atom stereocenters. The van der Waals surface area contributed by atoms with Crippen LogP contribution in [0.3, 0.4) is 0 Å². The summed E-state index contributed by atoms with van der Waals surface area (Å²) in [5, 5.41) is 0. The van der Waals surface area contributed by atoms with Crippen LogP contribution in [-0.2, 0) is 6.54 Å². The van der Waals surface area contributed by atoms with Crippen LogP contribution < -0.4 is 15.5 Å². The molecule has 0 amide bonds. The molecule has 1 aromatic carbocycles. The Morgan fingerprint density at radius 3 is 2.41 bits per heavy atom. The van der Waals surface area contributed by atoms with Gasteiger partial charge in [0, 0.05) is 25.0 Å². The molecule has 0 atom stereocenters. The van der Waals surface area contributed by atoms with E-state index in [2.05, 4.69) is 31.5 Å². The molecule has 0 spiro atoms. The van der Waals surface area contributed by atoms with Crippen molar-refractivity contribution in [3.05, 3.63) is 42.0 Å². The third-order valence-corrected chi connectivity index (χ3v) is 2.35. The average molecular weight is 252 g/mol. The minimum atomic E-state index is 0.485. The van der Waals surface area contributed by atoms with Gasteiger partial charge < -0.3 is 4.18 Å². The average Bonchev–Trinajstić information content (AvgIpc) is 2.40. The lowest BCUT2D eigenvalue weighted by molar-refractivity contribution is 0.629. The molecule has 17 heavy (non-hydrogen) atoms. The number of benzene rings is 1. The van der Waals surface area contributed by atoms with Crippen LogP contribution in [0.5, 0.6) is 5.75 Å². The molecule has 3 N–H and O–H groups in total. The lowest BCUT2D eigenvalue weighted by Gasteiger charge is -2.12. The first-order valence-electron chi connectivity index (χ1n) is 5.44. The fraction of sp³-hybridized carbons (Fsp3) is 0.231. The smallest absolute Gasteiger partial charge is 0.142 e. The van der Waals surface area contributed by atoms with Crippen molar-refractivity contribution in [1.82, 2.24) is 5.43 Å². The van der Waals surface area contributed by atoms with Crippen molar-refractivity contribution in [1.29, 1.82) is 0 Å². The normalized spacial score (nSPS) is 8.94. The number of hydrazine groups is 1. The summed E-state index contributed by atoms with van der Waals surface area (Å²) >= 11 is 3.79. The van der Waals surface area contributed by atoms with Gasteiger partial charge in [-0.15, -0.1) is 0 Å². The maximum absolute atomic E-state index is 5.31. The molecular formula is C13H20N2OS. The molecule has 94 valence electrons. The van der Waals surface area contributed by atoms with E-state index in [1.54, 1.807) is 12.2 Å². The van der Waals surface area contributed by atoms with Crippen LogP contribution in [0.2, 0.25) is 0 Å². The van der Waals surface area contributed by atoms with E-state index in [1.165, 1.54) is 0 Å². The van der Waals surface area contributed by atoms with Gasteiger partial charge in [0.2, 0.25) is 0 Å². The van der Waals surface area contributed by atoms with E-state index in [0.717, 1.165) is 16.7 Å². The summed E-state index contributed by atoms with van der Waals surface area (Å²) in [6, 6.07) is 3.72. The molecule has 3 nitrogen and oxygen atoms in total. The molecule has 0 bridgehead atoms. The highest BCUT2D eigenvalue weighted by Gasteiger charge is 2.09. The molecule has 1 aromatic rings. The zero-order valence-electron chi connectivity index (χ0n) is 10.4. The highest BCUT2D eigenvalue weighted by Crippen LogP contribution is 2.28. The second-order valence-electron chi connectivity index (χ2n) is 2.93. The molecule has 0 heterocycles. The second-order valence-corrected chi connectivity index (χ2v) is 3.11. The number of nitrogens with two attached hydrogens (primary N) is 1. The second kappa shape index (κ2) is 8.87. The fourth-order valence-corrected chi connectivity index (χ4v) is 1.62. The Labute approximate surface area is 109 Å². The van der Waals surface area contributed by atoms with E-state index in [4.69, 9.17) is 10.0 Å². The van der Waals surface area contributed by atoms with E-state index in [9.17, 15) is 0 Å². The van der Waals surface area contributed by atoms with E-state index in [1.807, 2.05) is 26.0 Å². The van der Waals surface area contributed by atoms with Crippen LogP contribution in [0, 0.1) is 0 Å². The molecule has 0 saturated carbocycles. The van der Waals surface area contributed by atoms with Gasteiger partial charge in [-0.1, -0.05) is 45.2 Å². The quantitative estimate of drug-likeness (QED) is 0.326. The van der Waals surface area contributed by atoms with Crippen molar-refractivity contribution in [2.45, 2.75) is 20.4 Å². The Kier molecular flexibility index (Phi) is 8.23. The summed E-state index contributed by atoms with van der Waals surface area (Å²) in [5.74, 6) is 5.97. The molecule has 0 aliphatic carbocycles. The van der Waals surface area contributed by atoms with Crippen LogP contribution in [-0.4, -0.2) is 0 Å². The van der Waals surface area contributed by atoms with Crippen molar-refractivity contribution in [2.24, 2.45) is 5.84 Å². The summed E-state index contributed by atoms with van der Waals surface area (Å²) in [6.45, 7) is 12.0. The first kappa shape index (κ1) is 15.8. The van der Waals surface area contributed by atoms with E-state index >= 15 is 0 Å². The molecule has 0 aromatic heterocycles. The predicted octanol–water partition coefficient (Wildman–Crippen LogP) is 3.19. The van der Waals surface area contributed by atoms with Gasteiger partial charge in [-0.2, -0.15) is 0 Å². The summed E-state index contributed by atoms with van der Waals surface area (Å²) in [5.41, 5.74) is 5.45. The topological polar surface area (TPSA) is 47.3 Å². The Balaban J connectivity index is 0.00000121. The lowest BCUT2D eigenvalue weighted by Crippen LogP contribution is -2.21. The lowest BCUT2D eigenvalue weighted by atomic mass is 10.00. The monoisotopic (exact) mass is 252 g/mol. The van der Waals surface area contributed by atoms with Crippen LogP contribution in [0.25, 0.3) is 12.2 Å². The highest BCUT2D eigenvalue weighted by atomic mass is 32.1. The molecule has 0 radical (unpaired) electrons. The van der Waals surface area contributed by atoms with Gasteiger partial charge in [0.05, 0.1) is 0 Å². The largest absolute Gasteiger partial charge is 0.429 e. The molecular weight excluding hydrogens is 232 g/mol. The van der Waals surface area contributed by atoms with Crippen LogP contribution in [0.1, 0.15) is 30.5 Å². The number of hydrogen-bond acceptors (Lipinski definition) is 4. The summed E-state index contributed by atoms with van der Waals surface area (Å²) in [6.07, 6.45) is 3.51. The fourth-order valence-electron chi connectivity index (χ4n) is 1.45. The van der Waals surface area contributed by atoms with Crippen molar-refractivity contribution in [3.8, 4) is 5.75 Å². The molecule has 0 aliphatic rings. The maximum Gasteiger partial charge on any atom is 0.142 e. The number of nitrogens with one attached hydrogen (secondary N) is 1. The number of rotatable bonds is 5. The van der Waals surface area contributed by atoms with Gasteiger partial charge in [-0.3, -0.25) is 11.3 Å². The standard InChI is InChI=1S/C11H14N2OS.C2H6/c1-3-8-5-6-11(14-15)10(7-13-12)9(8)4-2;1-2/h3-6,13,15H,1-2,7,12H2;1-2H3. The van der Waals surface area contributed by atoms with Crippen LogP contribution in [0.15, 0.2) is 25.3 Å². The minimum absolute atomic E-state index is 0.485. The van der Waals surface area contributed by atoms with Gasteiger partial charge in [0.15, 0.2) is 0 Å². The highest BCUT2D eigenvalue weighted by molar-refractivity contribution is 7.75. The van der Waals surface area contributed by atoms with Gasteiger partial charge in [0.25, 0.3) is 0 Å². The van der Waals surface area contributed by atoms with Crippen molar-refractivity contribution in [2.75, 3.05) is 0 Å². The van der Waals surface area contributed by atoms with Crippen LogP contribution in [0.4, 0.5) is 0 Å². The molecule has 0 fully saturated rings. The maximum atomic E-state index is 5.31. The first-order chi connectivity index (χ1) is 8.28. The van der Waals surface area contributed by atoms with E-state index < -0.39 is 0 Å². The van der Waals surface area contributed by atoms with Gasteiger partial charge >= 0.3 is 0 Å². The molecule has 0 aliphatic heterocycles. The van der Waals surface area contributed by atoms with Gasteiger partial charge in [-0.05, 0) is 17.2 Å². The Morgan fingerprint density at radius 1 is 1.35 bits per heavy atom. The molecule has 4 heteroatoms. The Bertz CT molecular complexity index is 378. The van der Waals surface area contributed by atoms with Crippen molar-refractivity contribution < 1.29 is 4.18 Å². The van der Waals surface area contributed by atoms with Crippen molar-refractivity contribution >= 4 is 25.1 Å². The SMILES string of the molecule is C=Cc1ccc(OS)c(CNN)c1C=C.CC. The minimum Gasteiger partial charge on any atom is -0.429 e. The van der Waals surface area contributed by atoms with Crippen molar-refractivity contribution in [3.63, 3.8) is 0 Å². The zero-order valence-corrected chi connectivity index (χ0v) is 11.3. The first-order valence-corrected chi connectivity index (χ1v) is 5.80. The number of thiol groups is 1. The summed E-state index contributed by atoms with van der Waals surface area (Å²) in [7, 11) is 0. The Hall–Kier alpha value is -1.23. The summed E-state index contributed by atoms with van der Waals surface area (Å²) in [4.78, 5) is 0. The summed E-state index contributed by atoms with van der Waals surface area (Å²) < 4.78 is 4.96. The van der Waals surface area contributed by atoms with Gasteiger partial charge in [-0.25, -0.2) is 0 Å².